The van der Waals surface area contributed by atoms with Gasteiger partial charge in [0, 0.05) is 0 Å². The molecule has 0 aliphatic carbocycles. The van der Waals surface area contributed by atoms with Gasteiger partial charge in [0.1, 0.15) is 0 Å². The maximum atomic E-state index is 12.6. The zero-order valence-electron chi connectivity index (χ0n) is 15.5. The van der Waals surface area contributed by atoms with Crippen molar-refractivity contribution in [1.29, 1.82) is 0 Å². The normalized spacial score (nSPS) is 11.6. The lowest BCUT2D eigenvalue weighted by Gasteiger charge is -2.16. The number of aromatic hydroxyl groups is 1. The quantitative estimate of drug-likeness (QED) is 0.575. The smallest absolute Gasteiger partial charge is 0.294 e. The number of hydrogen-bond donors (Lipinski definition) is 3. The number of carbonyl (C=O) groups is 2. The van der Waals surface area contributed by atoms with Crippen molar-refractivity contribution in [3.05, 3.63) is 78.1 Å². The van der Waals surface area contributed by atoms with Gasteiger partial charge in [0.2, 0.25) is 5.91 Å². The third-order valence-corrected chi connectivity index (χ3v) is 4.33. The Kier molecular flexibility index (Phi) is 6.06. The van der Waals surface area contributed by atoms with Gasteiger partial charge in [0.05, 0.1) is 17.8 Å². The largest absolute Gasteiger partial charge is 0.504 e. The molecule has 1 aromatic heterocycles. The van der Waals surface area contributed by atoms with E-state index < -0.39 is 5.91 Å². The molecule has 7 nitrogen and oxygen atoms in total. The first-order chi connectivity index (χ1) is 13.6. The summed E-state index contributed by atoms with van der Waals surface area (Å²) in [5, 5.41) is 14.1. The Morgan fingerprint density at radius 1 is 1.04 bits per heavy atom. The standard InChI is InChI=1S/C21H22N4O3/c1-2-9-17(15-10-5-3-6-11-15)20(27)22-23-21(28)19-18(26)14-25(24-19)16-12-7-4-8-13-16/h3-8,10-14,17,26H,2,9H2,1H3,(H,22,27)(H,23,28)/t17-/m1/s1. The van der Waals surface area contributed by atoms with E-state index >= 15 is 0 Å². The van der Waals surface area contributed by atoms with Gasteiger partial charge in [-0.1, -0.05) is 61.9 Å². The summed E-state index contributed by atoms with van der Waals surface area (Å²) in [6.07, 6.45) is 2.82. The molecular formula is C21H22N4O3. The van der Waals surface area contributed by atoms with Crippen molar-refractivity contribution >= 4 is 11.8 Å². The molecule has 3 N–H and O–H groups in total. The fraction of sp³-hybridized carbons (Fsp3) is 0.190. The first-order valence-corrected chi connectivity index (χ1v) is 9.09. The summed E-state index contributed by atoms with van der Waals surface area (Å²) in [5.74, 6) is -1.65. The van der Waals surface area contributed by atoms with Gasteiger partial charge in [0.15, 0.2) is 11.4 Å². The lowest BCUT2D eigenvalue weighted by Crippen LogP contribution is -2.44. The zero-order valence-corrected chi connectivity index (χ0v) is 15.5. The number of carbonyl (C=O) groups excluding carboxylic acids is 2. The molecule has 0 radical (unpaired) electrons. The van der Waals surface area contributed by atoms with Gasteiger partial charge < -0.3 is 5.11 Å². The molecule has 0 spiro atoms. The van der Waals surface area contributed by atoms with Crippen LogP contribution in [0, 0.1) is 0 Å². The Hall–Kier alpha value is -3.61. The van der Waals surface area contributed by atoms with Crippen LogP contribution in [-0.2, 0) is 4.79 Å². The third kappa shape index (κ3) is 4.37. The van der Waals surface area contributed by atoms with Crippen molar-refractivity contribution in [3.63, 3.8) is 0 Å². The van der Waals surface area contributed by atoms with Crippen LogP contribution in [0.15, 0.2) is 66.9 Å². The highest BCUT2D eigenvalue weighted by Gasteiger charge is 2.22. The first kappa shape index (κ1) is 19.2. The molecule has 1 atom stereocenters. The van der Waals surface area contributed by atoms with Crippen molar-refractivity contribution in [2.45, 2.75) is 25.7 Å². The van der Waals surface area contributed by atoms with E-state index in [0.717, 1.165) is 12.0 Å². The van der Waals surface area contributed by atoms with Gasteiger partial charge in [-0.25, -0.2) is 4.68 Å². The van der Waals surface area contributed by atoms with E-state index in [1.165, 1.54) is 10.9 Å². The van der Waals surface area contributed by atoms with Gasteiger partial charge in [-0.15, -0.1) is 0 Å². The summed E-state index contributed by atoms with van der Waals surface area (Å²) >= 11 is 0. The average molecular weight is 378 g/mol. The lowest BCUT2D eigenvalue weighted by atomic mass is 9.94. The van der Waals surface area contributed by atoms with E-state index in [1.54, 1.807) is 12.1 Å². The van der Waals surface area contributed by atoms with Crippen molar-refractivity contribution < 1.29 is 14.7 Å². The van der Waals surface area contributed by atoms with Gasteiger partial charge in [-0.05, 0) is 24.1 Å². The molecule has 0 fully saturated rings. The van der Waals surface area contributed by atoms with E-state index in [9.17, 15) is 14.7 Å². The highest BCUT2D eigenvalue weighted by molar-refractivity contribution is 5.96. The minimum absolute atomic E-state index is 0.170. The Balaban J connectivity index is 1.68. The third-order valence-electron chi connectivity index (χ3n) is 4.33. The number of amides is 2. The van der Waals surface area contributed by atoms with Gasteiger partial charge >= 0.3 is 0 Å². The van der Waals surface area contributed by atoms with Gasteiger partial charge in [-0.2, -0.15) is 5.10 Å². The van der Waals surface area contributed by atoms with Crippen LogP contribution < -0.4 is 10.9 Å². The Morgan fingerprint density at radius 2 is 1.68 bits per heavy atom. The molecule has 0 saturated heterocycles. The number of nitrogens with one attached hydrogen (secondary N) is 2. The second kappa shape index (κ2) is 8.85. The first-order valence-electron chi connectivity index (χ1n) is 9.09. The fourth-order valence-electron chi connectivity index (χ4n) is 2.93. The van der Waals surface area contributed by atoms with E-state index in [4.69, 9.17) is 0 Å². The SMILES string of the molecule is CCC[C@@H](C(=O)NNC(=O)c1nn(-c2ccccc2)cc1O)c1ccccc1. The molecule has 28 heavy (non-hydrogen) atoms. The zero-order chi connectivity index (χ0) is 19.9. The molecule has 0 bridgehead atoms. The van der Waals surface area contributed by atoms with Crippen LogP contribution in [0.4, 0.5) is 0 Å². The van der Waals surface area contributed by atoms with Crippen LogP contribution in [-0.4, -0.2) is 26.7 Å². The summed E-state index contributed by atoms with van der Waals surface area (Å²) in [5.41, 5.74) is 6.19. The summed E-state index contributed by atoms with van der Waals surface area (Å²) in [7, 11) is 0. The van der Waals surface area contributed by atoms with E-state index in [-0.39, 0.29) is 23.3 Å². The molecule has 0 saturated carbocycles. The van der Waals surface area contributed by atoms with Crippen LogP contribution >= 0.6 is 0 Å². The molecule has 0 aliphatic rings. The molecule has 3 rings (SSSR count). The number of nitrogens with zero attached hydrogens (tertiary/aromatic N) is 2. The fourth-order valence-corrected chi connectivity index (χ4v) is 2.93. The van der Waals surface area contributed by atoms with E-state index in [2.05, 4.69) is 16.0 Å². The van der Waals surface area contributed by atoms with Crippen LogP contribution in [0.3, 0.4) is 0 Å². The predicted octanol–water partition coefficient (Wildman–Crippen LogP) is 2.92. The van der Waals surface area contributed by atoms with Crippen LogP contribution in [0.5, 0.6) is 5.75 Å². The highest BCUT2D eigenvalue weighted by Crippen LogP contribution is 2.21. The number of aromatic nitrogens is 2. The minimum atomic E-state index is -0.691. The molecule has 3 aromatic rings. The topological polar surface area (TPSA) is 96.3 Å². The van der Waals surface area contributed by atoms with Gasteiger partial charge in [-0.3, -0.25) is 20.4 Å². The Morgan fingerprint density at radius 3 is 2.32 bits per heavy atom. The Labute approximate surface area is 163 Å². The van der Waals surface area contributed by atoms with Gasteiger partial charge in [0.25, 0.3) is 5.91 Å². The molecule has 7 heteroatoms. The second-order valence-electron chi connectivity index (χ2n) is 6.34. The average Bonchev–Trinajstić information content (AvgIpc) is 3.13. The van der Waals surface area contributed by atoms with Crippen LogP contribution in [0.25, 0.3) is 5.69 Å². The maximum Gasteiger partial charge on any atom is 0.294 e. The van der Waals surface area contributed by atoms with E-state index in [0.29, 0.717) is 12.1 Å². The van der Waals surface area contributed by atoms with E-state index in [1.807, 2.05) is 55.5 Å². The summed E-state index contributed by atoms with van der Waals surface area (Å²) in [6.45, 7) is 2.00. The number of hydrazine groups is 1. The number of rotatable bonds is 6. The lowest BCUT2D eigenvalue weighted by molar-refractivity contribution is -0.123. The molecule has 144 valence electrons. The second-order valence-corrected chi connectivity index (χ2v) is 6.34. The summed E-state index contributed by atoms with van der Waals surface area (Å²) in [6, 6.07) is 18.5. The van der Waals surface area contributed by atoms with Crippen molar-refractivity contribution in [1.82, 2.24) is 20.6 Å². The predicted molar refractivity (Wildman–Crippen MR) is 105 cm³/mol. The van der Waals surface area contributed by atoms with Crippen molar-refractivity contribution in [2.24, 2.45) is 0 Å². The molecule has 2 amide bonds. The van der Waals surface area contributed by atoms with Crippen LogP contribution in [0.2, 0.25) is 0 Å². The van der Waals surface area contributed by atoms with Crippen molar-refractivity contribution in [3.8, 4) is 11.4 Å². The van der Waals surface area contributed by atoms with Crippen molar-refractivity contribution in [2.75, 3.05) is 0 Å². The summed E-state index contributed by atoms with van der Waals surface area (Å²) in [4.78, 5) is 24.9. The number of hydrogen-bond acceptors (Lipinski definition) is 4. The summed E-state index contributed by atoms with van der Waals surface area (Å²) < 4.78 is 1.40. The molecule has 0 aliphatic heterocycles. The molecule has 0 unspecified atom stereocenters. The maximum absolute atomic E-state index is 12.6. The highest BCUT2D eigenvalue weighted by atomic mass is 16.3. The molecule has 1 heterocycles. The Bertz CT molecular complexity index is 939. The number of benzene rings is 2. The molecular weight excluding hydrogens is 356 g/mol. The van der Waals surface area contributed by atoms with Crippen LogP contribution in [0.1, 0.15) is 41.7 Å². The number of para-hydroxylation sites is 1. The monoisotopic (exact) mass is 378 g/mol. The minimum Gasteiger partial charge on any atom is -0.504 e. The molecule has 2 aromatic carbocycles.